The maximum atomic E-state index is 4.29. The number of hydrogen-bond acceptors (Lipinski definition) is 2. The predicted molar refractivity (Wildman–Crippen MR) is 48.9 cm³/mol. The standard InChI is InChI=1S/C10H10N2/c1-2-8-5-7-11-9-4-3-6-12-10(8)9/h3-7H,2H2,1H3. The van der Waals surface area contributed by atoms with Crippen LogP contribution in [0.3, 0.4) is 0 Å². The topological polar surface area (TPSA) is 25.8 Å². The van der Waals surface area contributed by atoms with E-state index in [0.29, 0.717) is 0 Å². The summed E-state index contributed by atoms with van der Waals surface area (Å²) in [5.74, 6) is 0. The van der Waals surface area contributed by atoms with Crippen LogP contribution in [0.1, 0.15) is 12.5 Å². The van der Waals surface area contributed by atoms with E-state index < -0.39 is 0 Å². The Labute approximate surface area is 71.3 Å². The summed E-state index contributed by atoms with van der Waals surface area (Å²) in [6.45, 7) is 2.13. The number of aryl methyl sites for hydroxylation is 1. The molecule has 0 saturated carbocycles. The van der Waals surface area contributed by atoms with Crippen molar-refractivity contribution in [3.8, 4) is 0 Å². The smallest absolute Gasteiger partial charge is 0.0918 e. The van der Waals surface area contributed by atoms with Crippen LogP contribution >= 0.6 is 0 Å². The summed E-state index contributed by atoms with van der Waals surface area (Å²) in [4.78, 5) is 8.52. The summed E-state index contributed by atoms with van der Waals surface area (Å²) in [6.07, 6.45) is 4.65. The van der Waals surface area contributed by atoms with Crippen molar-refractivity contribution in [3.63, 3.8) is 0 Å². The first kappa shape index (κ1) is 7.22. The van der Waals surface area contributed by atoms with Crippen LogP contribution in [0.4, 0.5) is 0 Å². The third-order valence-electron chi connectivity index (χ3n) is 1.96. The lowest BCUT2D eigenvalue weighted by Gasteiger charge is -2.00. The molecule has 2 heterocycles. The molecule has 0 fully saturated rings. The van der Waals surface area contributed by atoms with Crippen molar-refractivity contribution in [1.82, 2.24) is 9.97 Å². The van der Waals surface area contributed by atoms with E-state index in [-0.39, 0.29) is 0 Å². The molecule has 0 aliphatic carbocycles. The van der Waals surface area contributed by atoms with Crippen molar-refractivity contribution in [2.24, 2.45) is 0 Å². The molecule has 2 rings (SSSR count). The fourth-order valence-electron chi connectivity index (χ4n) is 1.32. The van der Waals surface area contributed by atoms with Gasteiger partial charge in [0.25, 0.3) is 0 Å². The van der Waals surface area contributed by atoms with Crippen molar-refractivity contribution in [2.75, 3.05) is 0 Å². The van der Waals surface area contributed by atoms with Crippen LogP contribution in [0.15, 0.2) is 30.6 Å². The summed E-state index contributed by atoms with van der Waals surface area (Å²) in [5.41, 5.74) is 3.28. The van der Waals surface area contributed by atoms with Gasteiger partial charge in [-0.25, -0.2) is 0 Å². The lowest BCUT2D eigenvalue weighted by molar-refractivity contribution is 1.13. The van der Waals surface area contributed by atoms with Gasteiger partial charge in [-0.1, -0.05) is 6.92 Å². The minimum atomic E-state index is 0.983. The number of rotatable bonds is 1. The molecule has 0 radical (unpaired) electrons. The van der Waals surface area contributed by atoms with E-state index in [1.807, 2.05) is 30.6 Å². The Morgan fingerprint density at radius 3 is 2.92 bits per heavy atom. The first-order valence-electron chi connectivity index (χ1n) is 4.10. The third-order valence-corrected chi connectivity index (χ3v) is 1.96. The Morgan fingerprint density at radius 1 is 1.17 bits per heavy atom. The van der Waals surface area contributed by atoms with Gasteiger partial charge in [-0.3, -0.25) is 9.97 Å². The highest BCUT2D eigenvalue weighted by Crippen LogP contribution is 2.12. The predicted octanol–water partition coefficient (Wildman–Crippen LogP) is 2.19. The summed E-state index contributed by atoms with van der Waals surface area (Å²) >= 11 is 0. The van der Waals surface area contributed by atoms with Crippen LogP contribution in [0.2, 0.25) is 0 Å². The van der Waals surface area contributed by atoms with E-state index in [9.17, 15) is 0 Å². The number of aromatic nitrogens is 2. The van der Waals surface area contributed by atoms with Gasteiger partial charge in [-0.05, 0) is 30.2 Å². The molecule has 60 valence electrons. The van der Waals surface area contributed by atoms with Crippen molar-refractivity contribution in [2.45, 2.75) is 13.3 Å². The number of fused-ring (bicyclic) bond motifs is 1. The van der Waals surface area contributed by atoms with E-state index in [1.165, 1.54) is 5.56 Å². The van der Waals surface area contributed by atoms with Gasteiger partial charge in [-0.15, -0.1) is 0 Å². The Morgan fingerprint density at radius 2 is 2.08 bits per heavy atom. The van der Waals surface area contributed by atoms with Crippen LogP contribution < -0.4 is 0 Å². The van der Waals surface area contributed by atoms with Crippen LogP contribution in [0, 0.1) is 0 Å². The average molecular weight is 158 g/mol. The Kier molecular flexibility index (Phi) is 1.74. The van der Waals surface area contributed by atoms with E-state index in [2.05, 4.69) is 16.9 Å². The van der Waals surface area contributed by atoms with Crippen molar-refractivity contribution >= 4 is 11.0 Å². The summed E-state index contributed by atoms with van der Waals surface area (Å²) in [5, 5.41) is 0. The van der Waals surface area contributed by atoms with Gasteiger partial charge >= 0.3 is 0 Å². The molecule has 0 aliphatic rings. The van der Waals surface area contributed by atoms with Gasteiger partial charge in [0.05, 0.1) is 11.0 Å². The normalized spacial score (nSPS) is 10.4. The molecule has 2 aromatic rings. The molecule has 2 heteroatoms. The molecule has 2 aromatic heterocycles. The highest BCUT2D eigenvalue weighted by atomic mass is 14.7. The van der Waals surface area contributed by atoms with Crippen LogP contribution in [0.25, 0.3) is 11.0 Å². The van der Waals surface area contributed by atoms with Gasteiger partial charge in [0, 0.05) is 12.4 Å². The molecule has 0 saturated heterocycles. The largest absolute Gasteiger partial charge is 0.255 e. The Hall–Kier alpha value is -1.44. The molecule has 0 bridgehead atoms. The lowest BCUT2D eigenvalue weighted by atomic mass is 10.1. The number of pyridine rings is 2. The highest BCUT2D eigenvalue weighted by molar-refractivity contribution is 5.77. The molecule has 0 aromatic carbocycles. The molecule has 0 amide bonds. The monoisotopic (exact) mass is 158 g/mol. The molecule has 0 unspecified atom stereocenters. The van der Waals surface area contributed by atoms with Gasteiger partial charge < -0.3 is 0 Å². The lowest BCUT2D eigenvalue weighted by Crippen LogP contribution is -1.88. The minimum absolute atomic E-state index is 0.983. The van der Waals surface area contributed by atoms with Crippen LogP contribution in [-0.4, -0.2) is 9.97 Å². The Balaban J connectivity index is 2.79. The second-order valence-electron chi connectivity index (χ2n) is 2.69. The third kappa shape index (κ3) is 1.05. The zero-order valence-electron chi connectivity index (χ0n) is 6.99. The summed E-state index contributed by atoms with van der Waals surface area (Å²) < 4.78 is 0. The summed E-state index contributed by atoms with van der Waals surface area (Å²) in [7, 11) is 0. The van der Waals surface area contributed by atoms with E-state index >= 15 is 0 Å². The first-order valence-corrected chi connectivity index (χ1v) is 4.10. The fourth-order valence-corrected chi connectivity index (χ4v) is 1.32. The number of nitrogens with zero attached hydrogens (tertiary/aromatic N) is 2. The molecule has 2 nitrogen and oxygen atoms in total. The van der Waals surface area contributed by atoms with E-state index in [0.717, 1.165) is 17.5 Å². The molecule has 0 N–H and O–H groups in total. The zero-order valence-corrected chi connectivity index (χ0v) is 6.99. The second kappa shape index (κ2) is 2.89. The molecule has 12 heavy (non-hydrogen) atoms. The van der Waals surface area contributed by atoms with E-state index in [1.54, 1.807) is 0 Å². The molecule has 0 aliphatic heterocycles. The Bertz CT molecular complexity index is 390. The first-order chi connectivity index (χ1) is 5.92. The average Bonchev–Trinajstić information content (AvgIpc) is 2.17. The zero-order chi connectivity index (χ0) is 8.39. The van der Waals surface area contributed by atoms with Gasteiger partial charge in [0.15, 0.2) is 0 Å². The van der Waals surface area contributed by atoms with Crippen LogP contribution in [0.5, 0.6) is 0 Å². The van der Waals surface area contributed by atoms with Crippen molar-refractivity contribution in [3.05, 3.63) is 36.2 Å². The van der Waals surface area contributed by atoms with Crippen LogP contribution in [-0.2, 0) is 6.42 Å². The molecule has 0 atom stereocenters. The van der Waals surface area contributed by atoms with Gasteiger partial charge in [-0.2, -0.15) is 0 Å². The second-order valence-corrected chi connectivity index (χ2v) is 2.69. The maximum absolute atomic E-state index is 4.29. The van der Waals surface area contributed by atoms with E-state index in [4.69, 9.17) is 0 Å². The molecule has 0 spiro atoms. The fraction of sp³-hybridized carbons (Fsp3) is 0.200. The quantitative estimate of drug-likeness (QED) is 0.635. The van der Waals surface area contributed by atoms with Gasteiger partial charge in [0.1, 0.15) is 0 Å². The highest BCUT2D eigenvalue weighted by Gasteiger charge is 1.98. The number of hydrogen-bond donors (Lipinski definition) is 0. The minimum Gasteiger partial charge on any atom is -0.255 e. The summed E-state index contributed by atoms with van der Waals surface area (Å²) in [6, 6.07) is 5.92. The SMILES string of the molecule is CCc1ccnc2cccnc12. The van der Waals surface area contributed by atoms with Crippen molar-refractivity contribution in [1.29, 1.82) is 0 Å². The maximum Gasteiger partial charge on any atom is 0.0918 e. The van der Waals surface area contributed by atoms with Crippen molar-refractivity contribution < 1.29 is 0 Å². The van der Waals surface area contributed by atoms with Gasteiger partial charge in [0.2, 0.25) is 0 Å². The molecular formula is C10H10N2. The molecular weight excluding hydrogens is 148 g/mol.